The van der Waals surface area contributed by atoms with Crippen molar-refractivity contribution in [1.29, 1.82) is 0 Å². The second kappa shape index (κ2) is 10.0. The molecule has 5 rings (SSSR count). The maximum Gasteiger partial charge on any atom is 0.237 e. The van der Waals surface area contributed by atoms with Gasteiger partial charge in [0, 0.05) is 17.8 Å². The summed E-state index contributed by atoms with van der Waals surface area (Å²) in [5, 5.41) is 7.64. The van der Waals surface area contributed by atoms with Gasteiger partial charge in [-0.05, 0) is 37.3 Å². The number of benzene rings is 2. The van der Waals surface area contributed by atoms with Crippen LogP contribution in [0, 0.1) is 5.92 Å². The molecule has 2 aliphatic rings. The van der Waals surface area contributed by atoms with Crippen LogP contribution in [0.5, 0.6) is 11.5 Å². The SMILES string of the molecule is CCOc1ccc(-c2noc(CSC3NC4NNCC4C(=O)N3c3ccccc3)n2)cc1OC. The van der Waals surface area contributed by atoms with Crippen LogP contribution in [0.3, 0.4) is 0 Å². The molecule has 3 N–H and O–H groups in total. The topological polar surface area (TPSA) is 114 Å². The Labute approximate surface area is 201 Å². The molecule has 0 saturated carbocycles. The summed E-state index contributed by atoms with van der Waals surface area (Å²) in [4.78, 5) is 19.6. The smallest absolute Gasteiger partial charge is 0.237 e. The van der Waals surface area contributed by atoms with Crippen LogP contribution in [0.4, 0.5) is 5.69 Å². The van der Waals surface area contributed by atoms with Gasteiger partial charge >= 0.3 is 0 Å². The van der Waals surface area contributed by atoms with Crippen LogP contribution < -0.4 is 30.5 Å². The van der Waals surface area contributed by atoms with Gasteiger partial charge < -0.3 is 14.0 Å². The minimum absolute atomic E-state index is 0.0673. The van der Waals surface area contributed by atoms with Crippen LogP contribution in [-0.2, 0) is 10.5 Å². The highest BCUT2D eigenvalue weighted by molar-refractivity contribution is 7.99. The number of nitrogens with zero attached hydrogens (tertiary/aromatic N) is 3. The van der Waals surface area contributed by atoms with E-state index < -0.39 is 0 Å². The van der Waals surface area contributed by atoms with E-state index in [1.165, 1.54) is 11.8 Å². The molecule has 0 bridgehead atoms. The molecule has 3 unspecified atom stereocenters. The first-order valence-corrected chi connectivity index (χ1v) is 12.1. The molecule has 2 saturated heterocycles. The third-order valence-electron chi connectivity index (χ3n) is 5.68. The molecule has 3 aromatic rings. The minimum Gasteiger partial charge on any atom is -0.493 e. The molecular formula is C23H26N6O4S. The van der Waals surface area contributed by atoms with E-state index in [9.17, 15) is 4.79 Å². The van der Waals surface area contributed by atoms with Gasteiger partial charge in [0.05, 0.1) is 31.6 Å². The Morgan fingerprint density at radius 3 is 2.85 bits per heavy atom. The van der Waals surface area contributed by atoms with Gasteiger partial charge in [0.15, 0.2) is 11.5 Å². The van der Waals surface area contributed by atoms with Crippen molar-refractivity contribution in [1.82, 2.24) is 26.3 Å². The molecule has 11 heteroatoms. The summed E-state index contributed by atoms with van der Waals surface area (Å²) in [6.45, 7) is 3.05. The minimum atomic E-state index is -0.301. The molecule has 3 heterocycles. The van der Waals surface area contributed by atoms with Crippen molar-refractivity contribution in [3.05, 3.63) is 54.4 Å². The molecule has 1 aromatic heterocycles. The molecule has 3 atom stereocenters. The van der Waals surface area contributed by atoms with Crippen LogP contribution in [-0.4, -0.2) is 48.0 Å². The monoisotopic (exact) mass is 482 g/mol. The van der Waals surface area contributed by atoms with Crippen molar-refractivity contribution in [2.45, 2.75) is 24.3 Å². The molecule has 1 amide bonds. The summed E-state index contributed by atoms with van der Waals surface area (Å²) < 4.78 is 16.5. The van der Waals surface area contributed by atoms with Crippen molar-refractivity contribution in [3.8, 4) is 22.9 Å². The average Bonchev–Trinajstić information content (AvgIpc) is 3.54. The van der Waals surface area contributed by atoms with Gasteiger partial charge in [-0.15, -0.1) is 11.8 Å². The van der Waals surface area contributed by atoms with Crippen molar-refractivity contribution < 1.29 is 18.8 Å². The highest BCUT2D eigenvalue weighted by atomic mass is 32.2. The zero-order chi connectivity index (χ0) is 23.5. The number of rotatable bonds is 8. The van der Waals surface area contributed by atoms with E-state index in [0.717, 1.165) is 11.3 Å². The third kappa shape index (κ3) is 4.47. The summed E-state index contributed by atoms with van der Waals surface area (Å²) in [5.74, 6) is 2.52. The number of fused-ring (bicyclic) bond motifs is 1. The number of carbonyl (C=O) groups excluding carboxylic acids is 1. The third-order valence-corrected chi connectivity index (χ3v) is 6.76. The Balaban J connectivity index is 1.32. The molecule has 34 heavy (non-hydrogen) atoms. The number of amides is 1. The van der Waals surface area contributed by atoms with Gasteiger partial charge in [0.1, 0.15) is 5.50 Å². The van der Waals surface area contributed by atoms with Crippen LogP contribution >= 0.6 is 11.8 Å². The molecular weight excluding hydrogens is 456 g/mol. The lowest BCUT2D eigenvalue weighted by Gasteiger charge is -2.41. The maximum absolute atomic E-state index is 13.3. The normalized spacial score (nSPS) is 22.0. The number of aromatic nitrogens is 2. The van der Waals surface area contributed by atoms with Gasteiger partial charge in [-0.25, -0.2) is 5.43 Å². The number of thioether (sulfide) groups is 1. The average molecular weight is 483 g/mol. The number of ether oxygens (including phenoxy) is 2. The predicted octanol–water partition coefficient (Wildman–Crippen LogP) is 2.35. The molecule has 0 spiro atoms. The zero-order valence-corrected chi connectivity index (χ0v) is 19.7. The van der Waals surface area contributed by atoms with Crippen molar-refractivity contribution in [3.63, 3.8) is 0 Å². The highest BCUT2D eigenvalue weighted by Gasteiger charge is 2.44. The van der Waals surface area contributed by atoms with Crippen LogP contribution in [0.25, 0.3) is 11.4 Å². The Hall–Kier alpha value is -3.12. The second-order valence-electron chi connectivity index (χ2n) is 7.79. The van der Waals surface area contributed by atoms with E-state index in [1.807, 2.05) is 55.5 Å². The summed E-state index contributed by atoms with van der Waals surface area (Å²) >= 11 is 1.52. The van der Waals surface area contributed by atoms with E-state index in [4.69, 9.17) is 14.0 Å². The molecule has 10 nitrogen and oxygen atoms in total. The van der Waals surface area contributed by atoms with Crippen LogP contribution in [0.2, 0.25) is 0 Å². The summed E-state index contributed by atoms with van der Waals surface area (Å²) in [6.07, 6.45) is -0.139. The van der Waals surface area contributed by atoms with E-state index in [-0.39, 0.29) is 23.5 Å². The van der Waals surface area contributed by atoms with E-state index >= 15 is 0 Å². The molecule has 178 valence electrons. The van der Waals surface area contributed by atoms with Crippen LogP contribution in [0.1, 0.15) is 12.8 Å². The predicted molar refractivity (Wildman–Crippen MR) is 128 cm³/mol. The van der Waals surface area contributed by atoms with E-state index in [0.29, 0.717) is 42.1 Å². The lowest BCUT2D eigenvalue weighted by atomic mass is 10.0. The Bertz CT molecular complexity index is 1140. The van der Waals surface area contributed by atoms with Gasteiger partial charge in [-0.2, -0.15) is 4.98 Å². The molecule has 0 radical (unpaired) electrons. The van der Waals surface area contributed by atoms with Crippen LogP contribution in [0.15, 0.2) is 53.1 Å². The number of hydrazine groups is 1. The fourth-order valence-corrected chi connectivity index (χ4v) is 5.08. The van der Waals surface area contributed by atoms with Crippen molar-refractivity contribution in [2.75, 3.05) is 25.2 Å². The van der Waals surface area contributed by atoms with E-state index in [2.05, 4.69) is 26.3 Å². The number of nitrogens with one attached hydrogen (secondary N) is 3. The molecule has 2 fully saturated rings. The number of hydrogen-bond acceptors (Lipinski definition) is 10. The Morgan fingerprint density at radius 1 is 1.21 bits per heavy atom. The largest absolute Gasteiger partial charge is 0.493 e. The first-order chi connectivity index (χ1) is 16.7. The lowest BCUT2D eigenvalue weighted by Crippen LogP contribution is -2.64. The van der Waals surface area contributed by atoms with E-state index in [1.54, 1.807) is 12.0 Å². The molecule has 0 aliphatic carbocycles. The van der Waals surface area contributed by atoms with Crippen molar-refractivity contribution in [2.24, 2.45) is 5.92 Å². The highest BCUT2D eigenvalue weighted by Crippen LogP contribution is 2.33. The maximum atomic E-state index is 13.3. The van der Waals surface area contributed by atoms with Crippen molar-refractivity contribution >= 4 is 23.4 Å². The molecule has 2 aliphatic heterocycles. The number of carbonyl (C=O) groups is 1. The van der Waals surface area contributed by atoms with Gasteiger partial charge in [-0.1, -0.05) is 23.4 Å². The van der Waals surface area contributed by atoms with Gasteiger partial charge in [0.2, 0.25) is 17.6 Å². The number of methoxy groups -OCH3 is 1. The lowest BCUT2D eigenvalue weighted by molar-refractivity contribution is -0.124. The number of anilines is 1. The molecule has 2 aromatic carbocycles. The summed E-state index contributed by atoms with van der Waals surface area (Å²) in [5.41, 5.74) is 7.52. The number of hydrogen-bond donors (Lipinski definition) is 3. The zero-order valence-electron chi connectivity index (χ0n) is 18.9. The Kier molecular flexibility index (Phi) is 6.68. The van der Waals surface area contributed by atoms with Gasteiger partial charge in [-0.3, -0.25) is 20.4 Å². The summed E-state index contributed by atoms with van der Waals surface area (Å²) in [7, 11) is 1.59. The fourth-order valence-electron chi connectivity index (χ4n) is 4.04. The van der Waals surface area contributed by atoms with Gasteiger partial charge in [0.25, 0.3) is 0 Å². The first-order valence-electron chi connectivity index (χ1n) is 11.1. The quantitative estimate of drug-likeness (QED) is 0.442. The Morgan fingerprint density at radius 2 is 2.06 bits per heavy atom. The summed E-state index contributed by atoms with van der Waals surface area (Å²) in [6, 6.07) is 15.2. The number of para-hydroxylation sites is 1. The standard InChI is InChI=1S/C23H26N6O4S/c1-3-32-17-10-9-14(11-18(17)31-2)20-25-19(33-28-20)13-34-23-26-21-16(12-24-27-21)22(30)29(23)15-7-5-4-6-8-15/h4-11,16,21,23-24,26-27H,3,12-13H2,1-2H3. The first kappa shape index (κ1) is 22.7. The fraction of sp³-hybridized carbons (Fsp3) is 0.348. The second-order valence-corrected chi connectivity index (χ2v) is 8.86.